The van der Waals surface area contributed by atoms with Gasteiger partial charge in [0.1, 0.15) is 18.0 Å². The first-order valence-corrected chi connectivity index (χ1v) is 6.32. The molecule has 104 valence electrons. The van der Waals surface area contributed by atoms with Gasteiger partial charge < -0.3 is 9.84 Å². The number of carbonyl (C=O) groups is 1. The Morgan fingerprint density at radius 3 is 2.65 bits per heavy atom. The highest BCUT2D eigenvalue weighted by Gasteiger charge is 2.16. The average molecular weight is 315 g/mol. The molecule has 0 amide bonds. The number of halogens is 3. The van der Waals surface area contributed by atoms with Crippen molar-refractivity contribution >= 4 is 29.2 Å². The van der Waals surface area contributed by atoms with Gasteiger partial charge >= 0.3 is 5.97 Å². The molecule has 2 aromatic rings. The zero-order chi connectivity index (χ0) is 14.7. The molecule has 0 saturated carbocycles. The van der Waals surface area contributed by atoms with Crippen molar-refractivity contribution < 1.29 is 19.0 Å². The summed E-state index contributed by atoms with van der Waals surface area (Å²) in [6, 6.07) is 8.43. The van der Waals surface area contributed by atoms with Gasteiger partial charge in [-0.3, -0.25) is 0 Å². The molecule has 20 heavy (non-hydrogen) atoms. The van der Waals surface area contributed by atoms with E-state index in [0.717, 1.165) is 0 Å². The van der Waals surface area contributed by atoms with Crippen LogP contribution in [0.2, 0.25) is 10.0 Å². The first-order chi connectivity index (χ1) is 9.47. The van der Waals surface area contributed by atoms with Gasteiger partial charge in [0, 0.05) is 5.02 Å². The zero-order valence-electron chi connectivity index (χ0n) is 10.1. The van der Waals surface area contributed by atoms with Gasteiger partial charge in [0.25, 0.3) is 0 Å². The molecule has 0 atom stereocenters. The number of carboxylic acids is 1. The number of carboxylic acid groups (broad SMARTS) is 1. The van der Waals surface area contributed by atoms with Crippen LogP contribution in [0.1, 0.15) is 15.9 Å². The van der Waals surface area contributed by atoms with Gasteiger partial charge in [0.15, 0.2) is 5.75 Å². The minimum absolute atomic E-state index is 0.000603. The van der Waals surface area contributed by atoms with Crippen LogP contribution in [0.15, 0.2) is 36.4 Å². The SMILES string of the molecule is O=C(O)c1cc(Cl)cc(Cl)c1OCc1cccc(F)c1. The van der Waals surface area contributed by atoms with Crippen molar-refractivity contribution in [3.63, 3.8) is 0 Å². The highest BCUT2D eigenvalue weighted by molar-refractivity contribution is 6.36. The summed E-state index contributed by atoms with van der Waals surface area (Å²) in [7, 11) is 0. The van der Waals surface area contributed by atoms with E-state index in [0.29, 0.717) is 5.56 Å². The molecule has 0 unspecified atom stereocenters. The summed E-state index contributed by atoms with van der Waals surface area (Å²) in [4.78, 5) is 11.1. The van der Waals surface area contributed by atoms with Crippen LogP contribution in [0.3, 0.4) is 0 Å². The van der Waals surface area contributed by atoms with E-state index in [-0.39, 0.29) is 28.0 Å². The largest absolute Gasteiger partial charge is 0.486 e. The molecule has 2 rings (SSSR count). The molecule has 0 heterocycles. The Morgan fingerprint density at radius 2 is 2.00 bits per heavy atom. The number of ether oxygens (including phenoxy) is 1. The molecule has 0 aliphatic rings. The van der Waals surface area contributed by atoms with E-state index < -0.39 is 11.8 Å². The maximum absolute atomic E-state index is 13.0. The van der Waals surface area contributed by atoms with Crippen molar-refractivity contribution in [2.24, 2.45) is 0 Å². The predicted octanol–water partition coefficient (Wildman–Crippen LogP) is 4.41. The van der Waals surface area contributed by atoms with Crippen molar-refractivity contribution in [3.8, 4) is 5.75 Å². The van der Waals surface area contributed by atoms with Crippen molar-refractivity contribution in [2.45, 2.75) is 6.61 Å². The third-order valence-corrected chi connectivity index (χ3v) is 3.01. The van der Waals surface area contributed by atoms with E-state index in [4.69, 9.17) is 33.0 Å². The number of benzene rings is 2. The summed E-state index contributed by atoms with van der Waals surface area (Å²) < 4.78 is 18.4. The van der Waals surface area contributed by atoms with Gasteiger partial charge in [-0.1, -0.05) is 35.3 Å². The van der Waals surface area contributed by atoms with E-state index in [9.17, 15) is 9.18 Å². The summed E-state index contributed by atoms with van der Waals surface area (Å²) in [6.07, 6.45) is 0. The molecular weight excluding hydrogens is 306 g/mol. The van der Waals surface area contributed by atoms with Gasteiger partial charge in [-0.05, 0) is 29.8 Å². The number of rotatable bonds is 4. The Morgan fingerprint density at radius 1 is 1.25 bits per heavy atom. The Kier molecular flexibility index (Phi) is 4.47. The predicted molar refractivity (Wildman–Crippen MR) is 74.2 cm³/mol. The fourth-order valence-electron chi connectivity index (χ4n) is 1.65. The van der Waals surface area contributed by atoms with Gasteiger partial charge in [-0.2, -0.15) is 0 Å². The lowest BCUT2D eigenvalue weighted by Gasteiger charge is -2.11. The summed E-state index contributed by atoms with van der Waals surface area (Å²) in [6.45, 7) is -0.000603. The molecule has 0 fully saturated rings. The fourth-order valence-corrected chi connectivity index (χ4v) is 2.20. The summed E-state index contributed by atoms with van der Waals surface area (Å²) >= 11 is 11.7. The van der Waals surface area contributed by atoms with E-state index in [1.807, 2.05) is 0 Å². The molecule has 1 N–H and O–H groups in total. The molecule has 0 bridgehead atoms. The third kappa shape index (κ3) is 3.40. The second-order valence-corrected chi connectivity index (χ2v) is 4.83. The Balaban J connectivity index is 2.27. The molecule has 0 radical (unpaired) electrons. The van der Waals surface area contributed by atoms with Crippen LogP contribution >= 0.6 is 23.2 Å². The lowest BCUT2D eigenvalue weighted by atomic mass is 10.2. The molecule has 0 aromatic heterocycles. The first-order valence-electron chi connectivity index (χ1n) is 5.57. The molecule has 0 saturated heterocycles. The molecule has 0 aliphatic heterocycles. The van der Waals surface area contributed by atoms with Gasteiger partial charge in [0.2, 0.25) is 0 Å². The van der Waals surface area contributed by atoms with E-state index >= 15 is 0 Å². The van der Waals surface area contributed by atoms with Crippen LogP contribution in [-0.4, -0.2) is 11.1 Å². The zero-order valence-corrected chi connectivity index (χ0v) is 11.6. The first kappa shape index (κ1) is 14.6. The summed E-state index contributed by atoms with van der Waals surface area (Å²) in [5.74, 6) is -1.59. The fraction of sp³-hybridized carbons (Fsp3) is 0.0714. The Hall–Kier alpha value is -1.78. The molecule has 3 nitrogen and oxygen atoms in total. The molecular formula is C14H9Cl2FO3. The standard InChI is InChI=1S/C14H9Cl2FO3/c15-9-5-11(14(18)19)13(12(16)6-9)20-7-8-2-1-3-10(17)4-8/h1-6H,7H2,(H,18,19). The van der Waals surface area contributed by atoms with Crippen LogP contribution in [0.4, 0.5) is 4.39 Å². The van der Waals surface area contributed by atoms with E-state index in [1.165, 1.54) is 30.3 Å². The lowest BCUT2D eigenvalue weighted by Crippen LogP contribution is -2.04. The molecule has 0 aliphatic carbocycles. The Bertz CT molecular complexity index is 659. The van der Waals surface area contributed by atoms with Gasteiger partial charge in [-0.25, -0.2) is 9.18 Å². The van der Waals surface area contributed by atoms with Gasteiger partial charge in [0.05, 0.1) is 5.02 Å². The van der Waals surface area contributed by atoms with Crippen molar-refractivity contribution in [1.29, 1.82) is 0 Å². The van der Waals surface area contributed by atoms with Crippen molar-refractivity contribution in [3.05, 3.63) is 63.4 Å². The highest BCUT2D eigenvalue weighted by Crippen LogP contribution is 2.33. The topological polar surface area (TPSA) is 46.5 Å². The lowest BCUT2D eigenvalue weighted by molar-refractivity contribution is 0.0691. The molecule has 6 heteroatoms. The van der Waals surface area contributed by atoms with Crippen LogP contribution in [0.25, 0.3) is 0 Å². The van der Waals surface area contributed by atoms with Crippen LogP contribution in [-0.2, 0) is 6.61 Å². The quantitative estimate of drug-likeness (QED) is 0.909. The van der Waals surface area contributed by atoms with Crippen LogP contribution < -0.4 is 4.74 Å². The average Bonchev–Trinajstić information content (AvgIpc) is 2.36. The van der Waals surface area contributed by atoms with Crippen molar-refractivity contribution in [2.75, 3.05) is 0 Å². The highest BCUT2D eigenvalue weighted by atomic mass is 35.5. The summed E-state index contributed by atoms with van der Waals surface area (Å²) in [5, 5.41) is 9.39. The van der Waals surface area contributed by atoms with Gasteiger partial charge in [-0.15, -0.1) is 0 Å². The van der Waals surface area contributed by atoms with Crippen LogP contribution in [0, 0.1) is 5.82 Å². The second-order valence-electron chi connectivity index (χ2n) is 3.99. The summed E-state index contributed by atoms with van der Waals surface area (Å²) in [5.41, 5.74) is 0.422. The second kappa shape index (κ2) is 6.11. The minimum atomic E-state index is -1.20. The van der Waals surface area contributed by atoms with E-state index in [2.05, 4.69) is 0 Å². The minimum Gasteiger partial charge on any atom is -0.486 e. The maximum Gasteiger partial charge on any atom is 0.339 e. The Labute approximate surface area is 124 Å². The normalized spacial score (nSPS) is 10.3. The number of hydrogen-bond donors (Lipinski definition) is 1. The smallest absolute Gasteiger partial charge is 0.339 e. The number of aromatic carboxylic acids is 1. The molecule has 0 spiro atoms. The monoisotopic (exact) mass is 314 g/mol. The molecule has 2 aromatic carbocycles. The number of hydrogen-bond acceptors (Lipinski definition) is 2. The van der Waals surface area contributed by atoms with E-state index in [1.54, 1.807) is 6.07 Å². The maximum atomic E-state index is 13.0. The third-order valence-electron chi connectivity index (χ3n) is 2.51. The van der Waals surface area contributed by atoms with Crippen molar-refractivity contribution in [1.82, 2.24) is 0 Å². The van der Waals surface area contributed by atoms with Crippen LogP contribution in [0.5, 0.6) is 5.75 Å².